The van der Waals surface area contributed by atoms with Gasteiger partial charge < -0.3 is 4.90 Å². The minimum Gasteiger partial charge on any atom is -0.311 e. The second kappa shape index (κ2) is 15.1. The third-order valence-electron chi connectivity index (χ3n) is 13.0. The molecule has 282 valence electrons. The zero-order valence-electron chi connectivity index (χ0n) is 33.4. The Balaban J connectivity index is 0.888. The molecule has 0 radical (unpaired) electrons. The van der Waals surface area contributed by atoms with Crippen LogP contribution in [-0.4, -0.2) is 4.98 Å². The van der Waals surface area contributed by atoms with Gasteiger partial charge in [0.05, 0.1) is 5.69 Å². The lowest BCUT2D eigenvalue weighted by atomic mass is 9.75. The topological polar surface area (TPSA) is 16.1 Å². The van der Waals surface area contributed by atoms with Gasteiger partial charge in [0.25, 0.3) is 0 Å². The summed E-state index contributed by atoms with van der Waals surface area (Å²) in [5.74, 6) is 0.922. The predicted molar refractivity (Wildman–Crippen MR) is 242 cm³/mol. The Hall–Kier alpha value is -6.51. The molecule has 1 spiro atoms. The molecule has 0 aliphatic heterocycles. The fourth-order valence-corrected chi connectivity index (χ4v) is 9.99. The number of nitrogens with zero attached hydrogens (tertiary/aromatic N) is 2. The van der Waals surface area contributed by atoms with Crippen LogP contribution in [0.4, 0.5) is 17.1 Å². The van der Waals surface area contributed by atoms with Crippen LogP contribution >= 0.6 is 0 Å². The van der Waals surface area contributed by atoms with Gasteiger partial charge in [-0.25, -0.2) is 0 Å². The van der Waals surface area contributed by atoms with Crippen LogP contribution < -0.4 is 4.90 Å². The molecule has 58 heavy (non-hydrogen) atoms. The smallest absolute Gasteiger partial charge is 0.0702 e. The summed E-state index contributed by atoms with van der Waals surface area (Å²) in [6.45, 7) is 4.72. The maximum atomic E-state index is 4.65. The van der Waals surface area contributed by atoms with Crippen LogP contribution in [0.25, 0.3) is 33.5 Å². The maximum Gasteiger partial charge on any atom is 0.0702 e. The highest BCUT2D eigenvalue weighted by Crippen LogP contribution is 2.56. The lowest BCUT2D eigenvalue weighted by Crippen LogP contribution is -2.25. The molecule has 0 bridgehead atoms. The molecule has 10 rings (SSSR count). The number of aromatic nitrogens is 1. The van der Waals surface area contributed by atoms with Gasteiger partial charge in [-0.1, -0.05) is 141 Å². The van der Waals surface area contributed by atoms with Gasteiger partial charge in [-0.2, -0.15) is 0 Å². The molecular weight excluding hydrogens is 701 g/mol. The Bertz CT molecular complexity index is 2650. The van der Waals surface area contributed by atoms with Crippen LogP contribution in [0.3, 0.4) is 0 Å². The first-order chi connectivity index (χ1) is 28.6. The average molecular weight is 749 g/mol. The van der Waals surface area contributed by atoms with E-state index in [2.05, 4.69) is 206 Å². The van der Waals surface area contributed by atoms with Gasteiger partial charge in [0.15, 0.2) is 0 Å². The molecule has 0 N–H and O–H groups in total. The zero-order valence-corrected chi connectivity index (χ0v) is 33.4. The highest BCUT2D eigenvalue weighted by atomic mass is 15.1. The summed E-state index contributed by atoms with van der Waals surface area (Å²) in [5, 5.41) is 0. The van der Waals surface area contributed by atoms with Gasteiger partial charge in [0.1, 0.15) is 0 Å². The van der Waals surface area contributed by atoms with Crippen molar-refractivity contribution < 1.29 is 0 Å². The monoisotopic (exact) mass is 748 g/mol. The van der Waals surface area contributed by atoms with Crippen molar-refractivity contribution in [1.82, 2.24) is 4.98 Å². The largest absolute Gasteiger partial charge is 0.311 e. The lowest BCUT2D eigenvalue weighted by molar-refractivity contribution is 0.544. The summed E-state index contributed by atoms with van der Waals surface area (Å²) in [6.07, 6.45) is 6.14. The number of rotatable bonds is 10. The van der Waals surface area contributed by atoms with Gasteiger partial charge >= 0.3 is 0 Å². The maximum absolute atomic E-state index is 4.65. The van der Waals surface area contributed by atoms with E-state index in [-0.39, 0.29) is 5.41 Å². The number of pyridine rings is 1. The van der Waals surface area contributed by atoms with Crippen LogP contribution in [0.5, 0.6) is 0 Å². The van der Waals surface area contributed by atoms with E-state index < -0.39 is 0 Å². The number of anilines is 3. The van der Waals surface area contributed by atoms with Gasteiger partial charge in [0.2, 0.25) is 0 Å². The first-order valence-electron chi connectivity index (χ1n) is 21.0. The third kappa shape index (κ3) is 6.43. The van der Waals surface area contributed by atoms with Crippen molar-refractivity contribution in [2.75, 3.05) is 4.90 Å². The van der Waals surface area contributed by atoms with Crippen LogP contribution in [0.15, 0.2) is 194 Å². The molecule has 0 saturated carbocycles. The van der Waals surface area contributed by atoms with Crippen molar-refractivity contribution in [2.24, 2.45) is 0 Å². The van der Waals surface area contributed by atoms with Crippen molar-refractivity contribution >= 4 is 17.1 Å². The van der Waals surface area contributed by atoms with E-state index >= 15 is 0 Å². The quantitative estimate of drug-likeness (QED) is 0.138. The van der Waals surface area contributed by atoms with Crippen LogP contribution in [-0.2, 0) is 18.3 Å². The SMILES string of the molecule is CCC(CC(C)c1ccc(N(c2ccccc2)c2ccccc2)cc1)c1ccc(-c2ccc3c(c2)C2(Cc4ccc(-c5ccccn5)cc4C2)c2ccccc2-3)cc1. The second-order valence-electron chi connectivity index (χ2n) is 16.4. The molecule has 2 nitrogen and oxygen atoms in total. The summed E-state index contributed by atoms with van der Waals surface area (Å²) in [7, 11) is 0. The normalized spacial score (nSPS) is 16.0. The number of fused-ring (bicyclic) bond motifs is 6. The molecule has 1 heterocycles. The zero-order chi connectivity index (χ0) is 39.1. The minimum atomic E-state index is -0.0595. The molecule has 2 aliphatic rings. The van der Waals surface area contributed by atoms with Crippen molar-refractivity contribution in [3.05, 3.63) is 228 Å². The van der Waals surface area contributed by atoms with E-state index in [9.17, 15) is 0 Å². The summed E-state index contributed by atoms with van der Waals surface area (Å²) in [6, 6.07) is 69.5. The highest BCUT2D eigenvalue weighted by Gasteiger charge is 2.47. The number of benzene rings is 7. The molecule has 0 amide bonds. The average Bonchev–Trinajstić information content (AvgIpc) is 3.81. The van der Waals surface area contributed by atoms with Crippen LogP contribution in [0.2, 0.25) is 0 Å². The molecule has 3 atom stereocenters. The summed E-state index contributed by atoms with van der Waals surface area (Å²) < 4.78 is 0. The van der Waals surface area contributed by atoms with Crippen molar-refractivity contribution in [3.63, 3.8) is 0 Å². The first-order valence-corrected chi connectivity index (χ1v) is 21.0. The molecule has 0 fully saturated rings. The minimum absolute atomic E-state index is 0.0595. The molecule has 7 aromatic carbocycles. The fourth-order valence-electron chi connectivity index (χ4n) is 9.99. The van der Waals surface area contributed by atoms with Crippen molar-refractivity contribution in [2.45, 2.75) is 56.8 Å². The van der Waals surface area contributed by atoms with E-state index in [4.69, 9.17) is 0 Å². The molecule has 0 saturated heterocycles. The highest BCUT2D eigenvalue weighted by molar-refractivity contribution is 5.85. The third-order valence-corrected chi connectivity index (χ3v) is 13.0. The Morgan fingerprint density at radius 2 is 1.12 bits per heavy atom. The van der Waals surface area contributed by atoms with E-state index in [0.29, 0.717) is 11.8 Å². The van der Waals surface area contributed by atoms with E-state index in [0.717, 1.165) is 42.8 Å². The Labute approximate surface area is 343 Å². The van der Waals surface area contributed by atoms with E-state index in [1.165, 1.54) is 66.9 Å². The summed E-state index contributed by atoms with van der Waals surface area (Å²) in [4.78, 5) is 6.98. The summed E-state index contributed by atoms with van der Waals surface area (Å²) in [5.41, 5.74) is 19.6. The molecule has 3 unspecified atom stereocenters. The van der Waals surface area contributed by atoms with Gasteiger partial charge in [-0.05, 0) is 154 Å². The molecule has 8 aromatic rings. The van der Waals surface area contributed by atoms with Gasteiger partial charge in [0, 0.05) is 34.2 Å². The predicted octanol–water partition coefficient (Wildman–Crippen LogP) is 14.6. The van der Waals surface area contributed by atoms with Gasteiger partial charge in [-0.15, -0.1) is 0 Å². The summed E-state index contributed by atoms with van der Waals surface area (Å²) >= 11 is 0. The van der Waals surface area contributed by atoms with Gasteiger partial charge in [-0.3, -0.25) is 4.98 Å². The Kier molecular flexibility index (Phi) is 9.34. The van der Waals surface area contributed by atoms with Crippen LogP contribution in [0, 0.1) is 0 Å². The Morgan fingerprint density at radius 3 is 1.83 bits per heavy atom. The molecular formula is C56H48N2. The number of hydrogen-bond acceptors (Lipinski definition) is 2. The standard InChI is InChI=1S/C56H48N2/c1-3-40(34-39(2)41-27-30-50(31-28-41)58(48-14-6-4-7-15-48)49-16-8-5-9-17-49)42-21-23-43(24-22-42)44-29-32-52-51-18-10-11-19-53(51)56(54(52)36-44)37-46-26-25-45(35-47(46)38-56)55-20-12-13-33-57-55/h4-33,35-36,39-40H,3,34,37-38H2,1-2H3. The Morgan fingerprint density at radius 1 is 0.517 bits per heavy atom. The number of hydrogen-bond donors (Lipinski definition) is 0. The van der Waals surface area contributed by atoms with E-state index in [1.807, 2.05) is 12.3 Å². The van der Waals surface area contributed by atoms with Crippen molar-refractivity contribution in [1.29, 1.82) is 0 Å². The number of para-hydroxylation sites is 2. The second-order valence-corrected chi connectivity index (χ2v) is 16.4. The molecule has 2 heteroatoms. The molecule has 2 aliphatic carbocycles. The van der Waals surface area contributed by atoms with E-state index in [1.54, 1.807) is 0 Å². The molecule has 1 aromatic heterocycles. The first kappa shape index (κ1) is 35.9. The lowest BCUT2D eigenvalue weighted by Gasteiger charge is -2.27. The fraction of sp³-hybridized carbons (Fsp3) is 0.161. The van der Waals surface area contributed by atoms with Crippen LogP contribution in [0.1, 0.15) is 71.9 Å². The van der Waals surface area contributed by atoms with Crippen molar-refractivity contribution in [3.8, 4) is 33.5 Å².